The molecule has 2 heterocycles. The second-order valence-corrected chi connectivity index (χ2v) is 5.06. The van der Waals surface area contributed by atoms with Crippen LogP contribution in [-0.4, -0.2) is 35.2 Å². The molecule has 1 aromatic heterocycles. The number of alkyl halides is 3. The van der Waals surface area contributed by atoms with Crippen LogP contribution in [0, 0.1) is 0 Å². The fraction of sp³-hybridized carbons (Fsp3) is 0.500. The second kappa shape index (κ2) is 5.93. The lowest BCUT2D eigenvalue weighted by atomic mass is 9.97. The number of rotatable bonds is 3. The molecule has 2 unspecified atom stereocenters. The quantitative estimate of drug-likeness (QED) is 0.868. The van der Waals surface area contributed by atoms with E-state index in [2.05, 4.69) is 4.98 Å². The van der Waals surface area contributed by atoms with Gasteiger partial charge in [-0.15, -0.1) is 0 Å². The van der Waals surface area contributed by atoms with Crippen molar-refractivity contribution in [2.45, 2.75) is 31.6 Å². The van der Waals surface area contributed by atoms with Crippen molar-refractivity contribution in [2.24, 2.45) is 5.73 Å². The fourth-order valence-electron chi connectivity index (χ4n) is 2.60. The smallest absolute Gasteiger partial charge is 0.326 e. The number of aromatic nitrogens is 1. The Kier molecular flexibility index (Phi) is 4.45. The molecule has 0 amide bonds. The van der Waals surface area contributed by atoms with Crippen LogP contribution in [0.3, 0.4) is 0 Å². The molecule has 1 aliphatic rings. The van der Waals surface area contributed by atoms with Crippen LogP contribution in [0.25, 0.3) is 0 Å². The summed E-state index contributed by atoms with van der Waals surface area (Å²) >= 11 is 0. The van der Waals surface area contributed by atoms with Crippen molar-refractivity contribution in [3.05, 3.63) is 41.7 Å². The van der Waals surface area contributed by atoms with Gasteiger partial charge in [0.15, 0.2) is 0 Å². The normalized spacial score (nSPS) is 20.4. The van der Waals surface area contributed by atoms with Crippen molar-refractivity contribution in [1.82, 2.24) is 9.88 Å². The standard InChI is InChI=1S/C14H18F3N3/c1-10(18)13(11-2-6-19-7-3-11)20-8-4-12(5-9-20)14(15,16)17/h2-4,6-7,10,13H,5,8-9,18H2,1H3. The predicted molar refractivity (Wildman–Crippen MR) is 71.0 cm³/mol. The molecule has 2 atom stereocenters. The molecule has 3 nitrogen and oxygen atoms in total. The average molecular weight is 285 g/mol. The Morgan fingerprint density at radius 3 is 2.40 bits per heavy atom. The van der Waals surface area contributed by atoms with Gasteiger partial charge in [-0.05, 0) is 31.0 Å². The van der Waals surface area contributed by atoms with E-state index in [0.717, 1.165) is 5.56 Å². The highest BCUT2D eigenvalue weighted by atomic mass is 19.4. The third-order valence-electron chi connectivity index (χ3n) is 3.54. The number of nitrogens with zero attached hydrogens (tertiary/aromatic N) is 2. The third kappa shape index (κ3) is 3.37. The van der Waals surface area contributed by atoms with Crippen LogP contribution in [0.5, 0.6) is 0 Å². The lowest BCUT2D eigenvalue weighted by Crippen LogP contribution is -2.42. The van der Waals surface area contributed by atoms with E-state index in [4.69, 9.17) is 5.73 Å². The van der Waals surface area contributed by atoms with Crippen molar-refractivity contribution in [1.29, 1.82) is 0 Å². The average Bonchev–Trinajstić information content (AvgIpc) is 2.39. The fourth-order valence-corrected chi connectivity index (χ4v) is 2.60. The van der Waals surface area contributed by atoms with Crippen LogP contribution in [0.4, 0.5) is 13.2 Å². The first-order valence-corrected chi connectivity index (χ1v) is 6.55. The van der Waals surface area contributed by atoms with Gasteiger partial charge in [0.25, 0.3) is 0 Å². The SMILES string of the molecule is CC(N)C(c1ccncc1)N1CC=C(C(F)(F)F)CC1. The van der Waals surface area contributed by atoms with Gasteiger partial charge in [0.05, 0.1) is 6.04 Å². The third-order valence-corrected chi connectivity index (χ3v) is 3.54. The molecule has 0 saturated heterocycles. The van der Waals surface area contributed by atoms with Gasteiger partial charge in [-0.1, -0.05) is 6.08 Å². The molecule has 0 radical (unpaired) electrons. The van der Waals surface area contributed by atoms with Gasteiger partial charge in [0, 0.05) is 37.1 Å². The van der Waals surface area contributed by atoms with E-state index in [9.17, 15) is 13.2 Å². The number of hydrogen-bond acceptors (Lipinski definition) is 3. The Hall–Kier alpha value is -1.40. The number of pyridine rings is 1. The molecule has 2 rings (SSSR count). The van der Waals surface area contributed by atoms with Crippen molar-refractivity contribution < 1.29 is 13.2 Å². The summed E-state index contributed by atoms with van der Waals surface area (Å²) in [5, 5.41) is 0. The van der Waals surface area contributed by atoms with Gasteiger partial charge in [-0.3, -0.25) is 9.88 Å². The largest absolute Gasteiger partial charge is 0.412 e. The van der Waals surface area contributed by atoms with Crippen molar-refractivity contribution in [3.8, 4) is 0 Å². The zero-order valence-electron chi connectivity index (χ0n) is 11.3. The molecular formula is C14H18F3N3. The lowest BCUT2D eigenvalue weighted by molar-refractivity contribution is -0.0965. The van der Waals surface area contributed by atoms with E-state index in [1.807, 2.05) is 24.0 Å². The number of hydrogen-bond donors (Lipinski definition) is 1. The molecule has 1 aromatic rings. The van der Waals surface area contributed by atoms with Crippen LogP contribution in [-0.2, 0) is 0 Å². The Morgan fingerprint density at radius 2 is 1.95 bits per heavy atom. The second-order valence-electron chi connectivity index (χ2n) is 5.06. The van der Waals surface area contributed by atoms with E-state index in [1.54, 1.807) is 12.4 Å². The van der Waals surface area contributed by atoms with E-state index < -0.39 is 11.7 Å². The van der Waals surface area contributed by atoms with Crippen molar-refractivity contribution >= 4 is 0 Å². The Bertz CT molecular complexity index is 468. The molecule has 0 aliphatic carbocycles. The number of halogens is 3. The molecule has 0 aromatic carbocycles. The lowest BCUT2D eigenvalue weighted by Gasteiger charge is -2.36. The summed E-state index contributed by atoms with van der Waals surface area (Å²) in [6, 6.07) is 3.45. The van der Waals surface area contributed by atoms with Crippen LogP contribution in [0.15, 0.2) is 36.2 Å². The Morgan fingerprint density at radius 1 is 1.30 bits per heavy atom. The van der Waals surface area contributed by atoms with Crippen molar-refractivity contribution in [3.63, 3.8) is 0 Å². The van der Waals surface area contributed by atoms with Gasteiger partial charge in [0.2, 0.25) is 0 Å². The highest BCUT2D eigenvalue weighted by molar-refractivity contribution is 5.20. The molecule has 0 spiro atoms. The van der Waals surface area contributed by atoms with Crippen molar-refractivity contribution in [2.75, 3.05) is 13.1 Å². The van der Waals surface area contributed by atoms with Gasteiger partial charge < -0.3 is 5.73 Å². The minimum absolute atomic E-state index is 0.0117. The summed E-state index contributed by atoms with van der Waals surface area (Å²) in [5.74, 6) is 0. The maximum Gasteiger partial charge on any atom is 0.412 e. The van der Waals surface area contributed by atoms with Crippen LogP contribution >= 0.6 is 0 Å². The summed E-state index contributed by atoms with van der Waals surface area (Å²) in [7, 11) is 0. The zero-order valence-corrected chi connectivity index (χ0v) is 11.3. The molecule has 0 saturated carbocycles. The molecule has 6 heteroatoms. The monoisotopic (exact) mass is 285 g/mol. The Balaban J connectivity index is 2.16. The summed E-state index contributed by atoms with van der Waals surface area (Å²) in [5.41, 5.74) is 6.56. The molecule has 0 bridgehead atoms. The molecule has 110 valence electrons. The predicted octanol–water partition coefficient (Wildman–Crippen LogP) is 2.66. The van der Waals surface area contributed by atoms with E-state index >= 15 is 0 Å². The maximum atomic E-state index is 12.6. The molecular weight excluding hydrogens is 267 g/mol. The van der Waals surface area contributed by atoms with Crippen LogP contribution in [0.1, 0.15) is 24.9 Å². The first-order valence-electron chi connectivity index (χ1n) is 6.55. The molecule has 20 heavy (non-hydrogen) atoms. The maximum absolute atomic E-state index is 12.6. The Labute approximate surface area is 116 Å². The first-order chi connectivity index (χ1) is 9.39. The van der Waals surface area contributed by atoms with Gasteiger partial charge in [-0.25, -0.2) is 0 Å². The highest BCUT2D eigenvalue weighted by Crippen LogP contribution is 2.33. The highest BCUT2D eigenvalue weighted by Gasteiger charge is 2.36. The van der Waals surface area contributed by atoms with Gasteiger partial charge in [-0.2, -0.15) is 13.2 Å². The molecule has 1 aliphatic heterocycles. The summed E-state index contributed by atoms with van der Waals surface area (Å²) in [6.45, 7) is 2.50. The minimum atomic E-state index is -4.22. The summed E-state index contributed by atoms with van der Waals surface area (Å²) < 4.78 is 37.9. The van der Waals surface area contributed by atoms with Crippen LogP contribution in [0.2, 0.25) is 0 Å². The van der Waals surface area contributed by atoms with Crippen LogP contribution < -0.4 is 5.73 Å². The first kappa shape index (κ1) is 15.0. The number of nitrogens with two attached hydrogens (primary N) is 1. The van der Waals surface area contributed by atoms with Gasteiger partial charge in [0.1, 0.15) is 0 Å². The van der Waals surface area contributed by atoms with E-state index in [0.29, 0.717) is 6.54 Å². The van der Waals surface area contributed by atoms with E-state index in [1.165, 1.54) is 6.08 Å². The van der Waals surface area contributed by atoms with E-state index in [-0.39, 0.29) is 25.0 Å². The topological polar surface area (TPSA) is 42.1 Å². The summed E-state index contributed by atoms with van der Waals surface area (Å²) in [6.07, 6.45) is 0.405. The zero-order chi connectivity index (χ0) is 14.8. The van der Waals surface area contributed by atoms with Gasteiger partial charge >= 0.3 is 6.18 Å². The molecule has 0 fully saturated rings. The molecule has 2 N–H and O–H groups in total. The summed E-state index contributed by atoms with van der Waals surface area (Å²) in [4.78, 5) is 5.94. The minimum Gasteiger partial charge on any atom is -0.326 e.